The average Bonchev–Trinajstić information content (AvgIpc) is 2.78. The molecule has 0 aliphatic heterocycles. The number of thiazole rings is 1. The Labute approximate surface area is 131 Å². The molecule has 0 aliphatic carbocycles. The van der Waals surface area contributed by atoms with Crippen molar-refractivity contribution < 1.29 is 4.79 Å². The zero-order valence-corrected chi connectivity index (χ0v) is 14.8. The van der Waals surface area contributed by atoms with E-state index in [9.17, 15) is 4.79 Å². The Balaban J connectivity index is 2.75. The molecule has 0 aromatic carbocycles. The van der Waals surface area contributed by atoms with Crippen LogP contribution in [0.1, 0.15) is 51.2 Å². The number of hydrogen-bond donors (Lipinski definition) is 2. The van der Waals surface area contributed by atoms with Gasteiger partial charge < -0.3 is 16.0 Å². The molecule has 21 heavy (non-hydrogen) atoms. The molecule has 120 valence electrons. The van der Waals surface area contributed by atoms with Crippen LogP contribution in [0.25, 0.3) is 0 Å². The molecular formula is C15H28N4OS. The number of aromatic nitrogens is 1. The molecule has 0 spiro atoms. The summed E-state index contributed by atoms with van der Waals surface area (Å²) in [6.07, 6.45) is 0. The van der Waals surface area contributed by atoms with Gasteiger partial charge in [-0.1, -0.05) is 39.0 Å². The largest absolute Gasteiger partial charge is 0.382 e. The molecule has 1 atom stereocenters. The van der Waals surface area contributed by atoms with E-state index >= 15 is 0 Å². The first-order valence-corrected chi connectivity index (χ1v) is 8.31. The van der Waals surface area contributed by atoms with Crippen molar-refractivity contribution in [3.05, 3.63) is 4.88 Å². The first-order valence-electron chi connectivity index (χ1n) is 7.50. The van der Waals surface area contributed by atoms with E-state index in [0.29, 0.717) is 23.2 Å². The van der Waals surface area contributed by atoms with Crippen molar-refractivity contribution in [1.82, 2.24) is 10.3 Å². The predicted molar refractivity (Wildman–Crippen MR) is 91.0 cm³/mol. The summed E-state index contributed by atoms with van der Waals surface area (Å²) in [6, 6.07) is 0. The summed E-state index contributed by atoms with van der Waals surface area (Å²) < 4.78 is 0. The van der Waals surface area contributed by atoms with Crippen molar-refractivity contribution in [2.75, 3.05) is 30.3 Å². The minimum Gasteiger partial charge on any atom is -0.382 e. The van der Waals surface area contributed by atoms with E-state index in [1.165, 1.54) is 11.3 Å². The average molecular weight is 312 g/mol. The van der Waals surface area contributed by atoms with Gasteiger partial charge in [0.15, 0.2) is 5.13 Å². The Morgan fingerprint density at radius 3 is 2.43 bits per heavy atom. The highest BCUT2D eigenvalue weighted by atomic mass is 32.1. The molecule has 0 radical (unpaired) electrons. The lowest BCUT2D eigenvalue weighted by Crippen LogP contribution is -2.33. The van der Waals surface area contributed by atoms with Crippen LogP contribution in [0, 0.1) is 11.3 Å². The van der Waals surface area contributed by atoms with E-state index in [0.717, 1.165) is 18.2 Å². The normalized spacial score (nSPS) is 13.0. The number of anilines is 2. The van der Waals surface area contributed by atoms with Gasteiger partial charge in [-0.2, -0.15) is 0 Å². The number of amides is 1. The van der Waals surface area contributed by atoms with Crippen molar-refractivity contribution in [1.29, 1.82) is 0 Å². The number of carbonyl (C=O) groups is 1. The van der Waals surface area contributed by atoms with Gasteiger partial charge in [0, 0.05) is 19.6 Å². The summed E-state index contributed by atoms with van der Waals surface area (Å²) in [5.41, 5.74) is 6.06. The molecule has 6 heteroatoms. The minimum absolute atomic E-state index is 0.125. The number of nitrogens with zero attached hydrogens (tertiary/aromatic N) is 2. The number of nitrogens with one attached hydrogen (secondary N) is 1. The lowest BCUT2D eigenvalue weighted by atomic mass is 9.82. The monoisotopic (exact) mass is 312 g/mol. The molecule has 0 saturated carbocycles. The molecule has 0 aliphatic rings. The lowest BCUT2D eigenvalue weighted by Gasteiger charge is -2.27. The number of hydrogen-bond acceptors (Lipinski definition) is 5. The van der Waals surface area contributed by atoms with E-state index in [-0.39, 0.29) is 11.3 Å². The quantitative estimate of drug-likeness (QED) is 0.847. The SMILES string of the molecule is CCN(CC)c1nc(N)c(C(=O)NCC(C)C(C)(C)C)s1. The lowest BCUT2D eigenvalue weighted by molar-refractivity contribution is 0.0942. The molecule has 1 heterocycles. The summed E-state index contributed by atoms with van der Waals surface area (Å²) in [5.74, 6) is 0.583. The maximum atomic E-state index is 12.3. The second-order valence-electron chi connectivity index (χ2n) is 6.36. The van der Waals surface area contributed by atoms with Crippen LogP contribution in [-0.2, 0) is 0 Å². The molecule has 3 N–H and O–H groups in total. The fraction of sp³-hybridized carbons (Fsp3) is 0.733. The fourth-order valence-electron chi connectivity index (χ4n) is 1.74. The van der Waals surface area contributed by atoms with Crippen molar-refractivity contribution in [3.63, 3.8) is 0 Å². The second-order valence-corrected chi connectivity index (χ2v) is 7.34. The van der Waals surface area contributed by atoms with Gasteiger partial charge in [0.25, 0.3) is 5.91 Å². The summed E-state index contributed by atoms with van der Waals surface area (Å²) in [5, 5.41) is 3.78. The van der Waals surface area contributed by atoms with Crippen LogP contribution < -0.4 is 16.0 Å². The highest BCUT2D eigenvalue weighted by Crippen LogP contribution is 2.28. The molecule has 0 fully saturated rings. The molecule has 1 amide bonds. The smallest absolute Gasteiger partial charge is 0.265 e. The third-order valence-electron chi connectivity index (χ3n) is 3.93. The van der Waals surface area contributed by atoms with E-state index in [1.807, 2.05) is 0 Å². The van der Waals surface area contributed by atoms with Gasteiger partial charge in [-0.15, -0.1) is 0 Å². The van der Waals surface area contributed by atoms with Gasteiger partial charge in [0.2, 0.25) is 0 Å². The summed E-state index contributed by atoms with van der Waals surface area (Å²) in [4.78, 5) is 19.2. The van der Waals surface area contributed by atoms with Gasteiger partial charge in [0.1, 0.15) is 10.7 Å². The highest BCUT2D eigenvalue weighted by molar-refractivity contribution is 7.18. The van der Waals surface area contributed by atoms with Crippen molar-refractivity contribution in [2.24, 2.45) is 11.3 Å². The molecule has 1 unspecified atom stereocenters. The summed E-state index contributed by atoms with van der Waals surface area (Å²) in [7, 11) is 0. The predicted octanol–water partition coefficient (Wildman–Crippen LogP) is 2.98. The van der Waals surface area contributed by atoms with Crippen LogP contribution in [0.2, 0.25) is 0 Å². The first kappa shape index (κ1) is 17.8. The number of nitrogen functional groups attached to an aromatic ring is 1. The Bertz CT molecular complexity index is 475. The third-order valence-corrected chi connectivity index (χ3v) is 5.06. The van der Waals surface area contributed by atoms with E-state index < -0.39 is 0 Å². The minimum atomic E-state index is -0.125. The number of rotatable bonds is 6. The van der Waals surface area contributed by atoms with E-state index in [1.54, 1.807) is 0 Å². The Hall–Kier alpha value is -1.30. The number of carbonyl (C=O) groups excluding carboxylic acids is 1. The third kappa shape index (κ3) is 4.59. The van der Waals surface area contributed by atoms with Crippen molar-refractivity contribution in [3.8, 4) is 0 Å². The molecule has 0 bridgehead atoms. The van der Waals surface area contributed by atoms with Gasteiger partial charge in [-0.3, -0.25) is 4.79 Å². The van der Waals surface area contributed by atoms with Crippen LogP contribution in [0.3, 0.4) is 0 Å². The molecule has 1 aromatic rings. The van der Waals surface area contributed by atoms with Crippen LogP contribution in [-0.4, -0.2) is 30.5 Å². The Morgan fingerprint density at radius 1 is 1.38 bits per heavy atom. The van der Waals surface area contributed by atoms with E-state index in [4.69, 9.17) is 5.73 Å². The van der Waals surface area contributed by atoms with Crippen LogP contribution >= 0.6 is 11.3 Å². The topological polar surface area (TPSA) is 71.2 Å². The highest BCUT2D eigenvalue weighted by Gasteiger charge is 2.23. The van der Waals surface area contributed by atoms with Gasteiger partial charge in [-0.05, 0) is 25.2 Å². The Kier molecular flexibility index (Phi) is 6.01. The summed E-state index contributed by atoms with van der Waals surface area (Å²) in [6.45, 7) is 15.1. The van der Waals surface area contributed by atoms with Gasteiger partial charge >= 0.3 is 0 Å². The van der Waals surface area contributed by atoms with Crippen molar-refractivity contribution >= 4 is 28.2 Å². The maximum Gasteiger partial charge on any atom is 0.265 e. The molecular weight excluding hydrogens is 284 g/mol. The number of nitrogens with two attached hydrogens (primary N) is 1. The van der Waals surface area contributed by atoms with Gasteiger partial charge in [-0.25, -0.2) is 4.98 Å². The standard InChI is InChI=1S/C15H28N4OS/c1-7-19(8-2)14-18-12(16)11(21-14)13(20)17-9-10(3)15(4,5)6/h10H,7-9,16H2,1-6H3,(H,17,20). The zero-order valence-electron chi connectivity index (χ0n) is 14.0. The first-order chi connectivity index (χ1) is 9.70. The molecule has 1 aromatic heterocycles. The molecule has 5 nitrogen and oxygen atoms in total. The van der Waals surface area contributed by atoms with Gasteiger partial charge in [0.05, 0.1) is 0 Å². The van der Waals surface area contributed by atoms with Crippen LogP contribution in [0.15, 0.2) is 0 Å². The van der Waals surface area contributed by atoms with Crippen molar-refractivity contribution in [2.45, 2.75) is 41.5 Å². The maximum absolute atomic E-state index is 12.3. The van der Waals surface area contributed by atoms with Crippen LogP contribution in [0.4, 0.5) is 10.9 Å². The van der Waals surface area contributed by atoms with E-state index in [2.05, 4.69) is 56.7 Å². The second kappa shape index (κ2) is 7.11. The zero-order chi connectivity index (χ0) is 16.2. The molecule has 1 rings (SSSR count). The van der Waals surface area contributed by atoms with Crippen LogP contribution in [0.5, 0.6) is 0 Å². The summed E-state index contributed by atoms with van der Waals surface area (Å²) >= 11 is 1.36. The molecule has 0 saturated heterocycles. The Morgan fingerprint density at radius 2 is 1.95 bits per heavy atom. The fourth-order valence-corrected chi connectivity index (χ4v) is 2.77.